The van der Waals surface area contributed by atoms with E-state index in [9.17, 15) is 8.42 Å². The van der Waals surface area contributed by atoms with E-state index in [1.165, 1.54) is 18.3 Å². The van der Waals surface area contributed by atoms with E-state index < -0.39 is 10.0 Å². The number of hydrogen-bond acceptors (Lipinski definition) is 3. The number of sulfonamides is 1. The van der Waals surface area contributed by atoms with Crippen LogP contribution in [0, 0.1) is 11.8 Å². The smallest absolute Gasteiger partial charge is 0.240 e. The fourth-order valence-electron chi connectivity index (χ4n) is 1.54. The highest BCUT2D eigenvalue weighted by Gasteiger charge is 2.33. The minimum Gasteiger partial charge on any atom is -0.244 e. The highest BCUT2D eigenvalue weighted by molar-refractivity contribution is 7.89. The van der Waals surface area contributed by atoms with Crippen LogP contribution in [0.3, 0.4) is 0 Å². The molecular weight excluding hydrogens is 248 g/mol. The van der Waals surface area contributed by atoms with Crippen molar-refractivity contribution in [1.29, 1.82) is 0 Å². The van der Waals surface area contributed by atoms with Gasteiger partial charge in [-0.2, -0.15) is 0 Å². The van der Waals surface area contributed by atoms with E-state index in [1.54, 1.807) is 0 Å². The molecule has 88 valence electrons. The molecule has 1 aromatic rings. The Balaban J connectivity index is 2.06. The zero-order valence-electron chi connectivity index (χ0n) is 8.85. The summed E-state index contributed by atoms with van der Waals surface area (Å²) in [6.07, 6.45) is 2.48. The molecule has 0 saturated heterocycles. The summed E-state index contributed by atoms with van der Waals surface area (Å²) in [6.45, 7) is 2.62. The fourth-order valence-corrected chi connectivity index (χ4v) is 2.88. The first-order valence-corrected chi connectivity index (χ1v) is 6.96. The average molecular weight is 261 g/mol. The molecule has 1 aromatic heterocycles. The summed E-state index contributed by atoms with van der Waals surface area (Å²) in [4.78, 5) is 3.91. The van der Waals surface area contributed by atoms with Gasteiger partial charge in [0, 0.05) is 12.7 Å². The standard InChI is InChI=1S/C10H13ClN2O2S/c1-7-4-8(7)6-13-16(14,15)9-2-3-12-10(11)5-9/h2-3,5,7-8,13H,4,6H2,1H3. The lowest BCUT2D eigenvalue weighted by Crippen LogP contribution is -2.26. The third-order valence-electron chi connectivity index (χ3n) is 2.82. The first-order valence-electron chi connectivity index (χ1n) is 5.10. The predicted octanol–water partition coefficient (Wildman–Crippen LogP) is 1.67. The van der Waals surface area contributed by atoms with Crippen molar-refractivity contribution in [3.8, 4) is 0 Å². The Morgan fingerprint density at radius 1 is 1.62 bits per heavy atom. The molecule has 4 nitrogen and oxygen atoms in total. The minimum absolute atomic E-state index is 0.167. The number of halogens is 1. The maximum atomic E-state index is 11.8. The first kappa shape index (κ1) is 11.8. The molecule has 1 N–H and O–H groups in total. The van der Waals surface area contributed by atoms with Crippen LogP contribution in [-0.2, 0) is 10.0 Å². The molecule has 0 amide bonds. The Morgan fingerprint density at radius 2 is 2.31 bits per heavy atom. The molecule has 0 bridgehead atoms. The zero-order valence-corrected chi connectivity index (χ0v) is 10.4. The van der Waals surface area contributed by atoms with Gasteiger partial charge in [0.2, 0.25) is 10.0 Å². The van der Waals surface area contributed by atoms with Crippen LogP contribution in [0.15, 0.2) is 23.2 Å². The molecule has 2 unspecified atom stereocenters. The Morgan fingerprint density at radius 3 is 2.88 bits per heavy atom. The van der Waals surface area contributed by atoms with Crippen LogP contribution in [0.4, 0.5) is 0 Å². The van der Waals surface area contributed by atoms with Crippen molar-refractivity contribution in [1.82, 2.24) is 9.71 Å². The van der Waals surface area contributed by atoms with Crippen LogP contribution in [0.25, 0.3) is 0 Å². The number of rotatable bonds is 4. The molecule has 1 fully saturated rings. The number of aromatic nitrogens is 1. The molecule has 0 aromatic carbocycles. The summed E-state index contributed by atoms with van der Waals surface area (Å²) in [5.74, 6) is 1.11. The van der Waals surface area contributed by atoms with Gasteiger partial charge in [0.25, 0.3) is 0 Å². The Labute approximate surface area is 100 Å². The number of nitrogens with zero attached hydrogens (tertiary/aromatic N) is 1. The van der Waals surface area contributed by atoms with Crippen molar-refractivity contribution in [3.05, 3.63) is 23.5 Å². The van der Waals surface area contributed by atoms with Crippen molar-refractivity contribution in [2.24, 2.45) is 11.8 Å². The third kappa shape index (κ3) is 2.72. The predicted molar refractivity (Wildman–Crippen MR) is 61.7 cm³/mol. The number of hydrogen-bond donors (Lipinski definition) is 1. The van der Waals surface area contributed by atoms with Gasteiger partial charge in [-0.3, -0.25) is 0 Å². The van der Waals surface area contributed by atoms with Crippen molar-refractivity contribution in [3.63, 3.8) is 0 Å². The van der Waals surface area contributed by atoms with Crippen LogP contribution >= 0.6 is 11.6 Å². The molecule has 1 heterocycles. The minimum atomic E-state index is -3.44. The Bertz CT molecular complexity index is 489. The van der Waals surface area contributed by atoms with E-state index in [0.717, 1.165) is 6.42 Å². The Hall–Kier alpha value is -0.650. The van der Waals surface area contributed by atoms with Gasteiger partial charge in [0.05, 0.1) is 4.90 Å². The quantitative estimate of drug-likeness (QED) is 0.838. The maximum absolute atomic E-state index is 11.8. The molecule has 2 rings (SSSR count). The van der Waals surface area contributed by atoms with Crippen LogP contribution in [0.1, 0.15) is 13.3 Å². The van der Waals surface area contributed by atoms with E-state index >= 15 is 0 Å². The van der Waals surface area contributed by atoms with Gasteiger partial charge in [-0.15, -0.1) is 0 Å². The lowest BCUT2D eigenvalue weighted by Gasteiger charge is -2.05. The number of nitrogens with one attached hydrogen (secondary N) is 1. The van der Waals surface area contributed by atoms with Gasteiger partial charge in [0.1, 0.15) is 5.15 Å². The second-order valence-corrected chi connectivity index (χ2v) is 6.29. The molecule has 1 aliphatic carbocycles. The van der Waals surface area contributed by atoms with Gasteiger partial charge in [-0.1, -0.05) is 18.5 Å². The maximum Gasteiger partial charge on any atom is 0.240 e. The fraction of sp³-hybridized carbons (Fsp3) is 0.500. The average Bonchev–Trinajstić information content (AvgIpc) is 2.92. The SMILES string of the molecule is CC1CC1CNS(=O)(=O)c1ccnc(Cl)c1. The van der Waals surface area contributed by atoms with E-state index in [4.69, 9.17) is 11.6 Å². The molecule has 1 aliphatic rings. The second kappa shape index (κ2) is 4.31. The van der Waals surface area contributed by atoms with Crippen molar-refractivity contribution < 1.29 is 8.42 Å². The van der Waals surface area contributed by atoms with E-state index in [1.807, 2.05) is 0 Å². The summed E-state index contributed by atoms with van der Waals surface area (Å²) in [5.41, 5.74) is 0. The summed E-state index contributed by atoms with van der Waals surface area (Å²) >= 11 is 5.65. The van der Waals surface area contributed by atoms with Gasteiger partial charge in [0.15, 0.2) is 0 Å². The summed E-state index contributed by atoms with van der Waals surface area (Å²) in [7, 11) is -3.44. The van der Waals surface area contributed by atoms with Gasteiger partial charge in [-0.05, 0) is 30.4 Å². The van der Waals surface area contributed by atoms with Gasteiger partial charge >= 0.3 is 0 Å². The molecule has 0 aliphatic heterocycles. The second-order valence-electron chi connectivity index (χ2n) is 4.14. The normalized spacial score (nSPS) is 24.4. The van der Waals surface area contributed by atoms with E-state index in [-0.39, 0.29) is 10.0 Å². The summed E-state index contributed by atoms with van der Waals surface area (Å²) < 4.78 is 26.2. The highest BCUT2D eigenvalue weighted by atomic mass is 35.5. The van der Waals surface area contributed by atoms with Gasteiger partial charge in [-0.25, -0.2) is 18.1 Å². The molecule has 2 atom stereocenters. The summed E-state index contributed by atoms with van der Waals surface area (Å²) in [5, 5.41) is 0.183. The number of pyridine rings is 1. The van der Waals surface area contributed by atoms with Crippen molar-refractivity contribution >= 4 is 21.6 Å². The van der Waals surface area contributed by atoms with E-state index in [2.05, 4.69) is 16.6 Å². The van der Waals surface area contributed by atoms with Crippen molar-refractivity contribution in [2.75, 3.05) is 6.54 Å². The van der Waals surface area contributed by atoms with Gasteiger partial charge < -0.3 is 0 Å². The Kier molecular flexibility index (Phi) is 3.19. The lowest BCUT2D eigenvalue weighted by molar-refractivity contribution is 0.574. The van der Waals surface area contributed by atoms with Crippen LogP contribution < -0.4 is 4.72 Å². The zero-order chi connectivity index (χ0) is 11.8. The molecular formula is C10H13ClN2O2S. The molecule has 16 heavy (non-hydrogen) atoms. The summed E-state index contributed by atoms with van der Waals surface area (Å²) in [6, 6.07) is 2.78. The lowest BCUT2D eigenvalue weighted by atomic mass is 10.3. The van der Waals surface area contributed by atoms with Crippen molar-refractivity contribution in [2.45, 2.75) is 18.2 Å². The highest BCUT2D eigenvalue weighted by Crippen LogP contribution is 2.37. The largest absolute Gasteiger partial charge is 0.244 e. The van der Waals surface area contributed by atoms with Crippen LogP contribution in [0.2, 0.25) is 5.15 Å². The molecule has 1 saturated carbocycles. The molecule has 0 spiro atoms. The van der Waals surface area contributed by atoms with Crippen LogP contribution in [0.5, 0.6) is 0 Å². The molecule has 6 heteroatoms. The van der Waals surface area contributed by atoms with Crippen LogP contribution in [-0.4, -0.2) is 19.9 Å². The monoisotopic (exact) mass is 260 g/mol. The third-order valence-corrected chi connectivity index (χ3v) is 4.45. The topological polar surface area (TPSA) is 59.1 Å². The first-order chi connectivity index (χ1) is 7.49. The van der Waals surface area contributed by atoms with E-state index in [0.29, 0.717) is 18.4 Å². The molecule has 0 radical (unpaired) electrons.